The van der Waals surface area contributed by atoms with Crippen molar-refractivity contribution in [3.63, 3.8) is 0 Å². The van der Waals surface area contributed by atoms with Gasteiger partial charge in [0.2, 0.25) is 0 Å². The topological polar surface area (TPSA) is 46.5 Å². The van der Waals surface area contributed by atoms with Crippen molar-refractivity contribution in [2.24, 2.45) is 5.10 Å². The highest BCUT2D eigenvalue weighted by atomic mass is 16.5. The number of ether oxygens (including phenoxy) is 3. The second kappa shape index (κ2) is 18.6. The van der Waals surface area contributed by atoms with Crippen LogP contribution in [0.25, 0.3) is 0 Å². The Morgan fingerprint density at radius 3 is 1.66 bits per heavy atom. The summed E-state index contributed by atoms with van der Waals surface area (Å²) < 4.78 is 18.3. The lowest BCUT2D eigenvalue weighted by Gasteiger charge is -2.22. The number of anilines is 1. The number of nitrogens with zero attached hydrogens (tertiary/aromatic N) is 3. The average Bonchev–Trinajstić information content (AvgIpc) is 3.46. The molecule has 6 heteroatoms. The van der Waals surface area contributed by atoms with E-state index in [1.165, 1.54) is 38.8 Å². The molecule has 0 amide bonds. The molecule has 1 aliphatic heterocycles. The number of likely N-dealkylation sites (tertiary alicyclic amines) is 1. The summed E-state index contributed by atoms with van der Waals surface area (Å²) in [6.07, 6.45) is 6.07. The molecule has 50 heavy (non-hydrogen) atoms. The lowest BCUT2D eigenvalue weighted by Crippen LogP contribution is -2.29. The van der Waals surface area contributed by atoms with Crippen molar-refractivity contribution in [3.8, 4) is 17.2 Å². The summed E-state index contributed by atoms with van der Waals surface area (Å²) in [5.41, 5.74) is 6.49. The van der Waals surface area contributed by atoms with E-state index in [0.717, 1.165) is 63.9 Å². The van der Waals surface area contributed by atoms with Crippen LogP contribution in [-0.4, -0.2) is 36.9 Å². The Kier molecular flexibility index (Phi) is 13.0. The van der Waals surface area contributed by atoms with Gasteiger partial charge in [0.05, 0.1) is 17.9 Å². The standard InChI is InChI=1S/C44H49N3O3/c1-2-44(39-19-25-42(26-20-39)49-34-37-13-7-5-8-14-37)45-47(40-21-27-43(28-22-40)50-35-38-15-9-6-10-16-38)33-36-17-23-41(24-18-36)48-32-31-46-29-11-3-4-12-30-46/h5-10,13-28H,2-4,11-12,29-35H2,1H3. The molecule has 0 unspecified atom stereocenters. The molecule has 258 valence electrons. The van der Waals surface area contributed by atoms with Crippen LogP contribution >= 0.6 is 0 Å². The quantitative estimate of drug-likeness (QED) is 0.0775. The summed E-state index contributed by atoms with van der Waals surface area (Å²) in [6, 6.07) is 45.4. The van der Waals surface area contributed by atoms with Gasteiger partial charge >= 0.3 is 0 Å². The minimum atomic E-state index is 0.527. The first kappa shape index (κ1) is 34.8. The molecule has 0 bridgehead atoms. The summed E-state index contributed by atoms with van der Waals surface area (Å²) in [5, 5.41) is 7.32. The first-order valence-electron chi connectivity index (χ1n) is 18.0. The zero-order chi connectivity index (χ0) is 34.2. The average molecular weight is 668 g/mol. The Bertz CT molecular complexity index is 1720. The third-order valence-electron chi connectivity index (χ3n) is 9.03. The maximum absolute atomic E-state index is 6.15. The summed E-state index contributed by atoms with van der Waals surface area (Å²) in [5.74, 6) is 2.57. The molecule has 6 nitrogen and oxygen atoms in total. The monoisotopic (exact) mass is 667 g/mol. The summed E-state index contributed by atoms with van der Waals surface area (Å²) in [6.45, 7) is 7.89. The predicted octanol–water partition coefficient (Wildman–Crippen LogP) is 9.92. The zero-order valence-corrected chi connectivity index (χ0v) is 29.3. The van der Waals surface area contributed by atoms with E-state index in [4.69, 9.17) is 19.3 Å². The van der Waals surface area contributed by atoms with Crippen molar-refractivity contribution in [2.75, 3.05) is 31.3 Å². The maximum Gasteiger partial charge on any atom is 0.119 e. The number of hydrogen-bond acceptors (Lipinski definition) is 6. The number of hydrazone groups is 1. The largest absolute Gasteiger partial charge is 0.492 e. The van der Waals surface area contributed by atoms with Crippen LogP contribution in [-0.2, 0) is 19.8 Å². The van der Waals surface area contributed by atoms with Crippen LogP contribution in [0.15, 0.2) is 139 Å². The highest BCUT2D eigenvalue weighted by Gasteiger charge is 2.12. The fraction of sp³-hybridized carbons (Fsp3) is 0.295. The molecular formula is C44H49N3O3. The van der Waals surface area contributed by atoms with Crippen LogP contribution in [0.5, 0.6) is 17.2 Å². The molecule has 5 aromatic carbocycles. The van der Waals surface area contributed by atoms with E-state index in [0.29, 0.717) is 26.4 Å². The predicted molar refractivity (Wildman–Crippen MR) is 204 cm³/mol. The molecule has 0 spiro atoms. The summed E-state index contributed by atoms with van der Waals surface area (Å²) in [4.78, 5) is 2.53. The normalized spacial score (nSPS) is 13.7. The Hall–Kier alpha value is -5.07. The van der Waals surface area contributed by atoms with Crippen LogP contribution in [0.3, 0.4) is 0 Å². The molecule has 0 aliphatic carbocycles. The molecule has 1 saturated heterocycles. The Labute approximate surface area is 297 Å². The first-order valence-corrected chi connectivity index (χ1v) is 18.0. The first-order chi connectivity index (χ1) is 24.7. The van der Waals surface area contributed by atoms with Crippen molar-refractivity contribution in [3.05, 3.63) is 156 Å². The van der Waals surface area contributed by atoms with Crippen LogP contribution in [0.4, 0.5) is 5.69 Å². The van der Waals surface area contributed by atoms with Crippen LogP contribution in [0.2, 0.25) is 0 Å². The fourth-order valence-electron chi connectivity index (χ4n) is 6.12. The smallest absolute Gasteiger partial charge is 0.119 e. The van der Waals surface area contributed by atoms with Crippen LogP contribution in [0.1, 0.15) is 61.3 Å². The second-order valence-corrected chi connectivity index (χ2v) is 12.8. The van der Waals surface area contributed by atoms with Crippen molar-refractivity contribution in [2.45, 2.75) is 58.8 Å². The van der Waals surface area contributed by atoms with E-state index >= 15 is 0 Å². The Balaban J connectivity index is 1.15. The lowest BCUT2D eigenvalue weighted by molar-refractivity contribution is 0.214. The van der Waals surface area contributed by atoms with E-state index in [2.05, 4.69) is 89.6 Å². The SMILES string of the molecule is CCC(=NN(Cc1ccc(OCCN2CCCCCC2)cc1)c1ccc(OCc2ccccc2)cc1)c1ccc(OCc2ccccc2)cc1. The molecular weight excluding hydrogens is 619 g/mol. The molecule has 0 N–H and O–H groups in total. The molecule has 0 atom stereocenters. The van der Waals surface area contributed by atoms with E-state index in [-0.39, 0.29) is 0 Å². The minimum Gasteiger partial charge on any atom is -0.492 e. The van der Waals surface area contributed by atoms with E-state index in [1.807, 2.05) is 60.7 Å². The van der Waals surface area contributed by atoms with Gasteiger partial charge < -0.3 is 14.2 Å². The molecule has 1 heterocycles. The number of hydrogen-bond donors (Lipinski definition) is 0. The minimum absolute atomic E-state index is 0.527. The maximum atomic E-state index is 6.15. The van der Waals surface area contributed by atoms with Gasteiger partial charge in [0, 0.05) is 6.54 Å². The Morgan fingerprint density at radius 1 is 0.580 bits per heavy atom. The third-order valence-corrected chi connectivity index (χ3v) is 9.03. The van der Waals surface area contributed by atoms with Gasteiger partial charge in [-0.3, -0.25) is 9.91 Å². The van der Waals surface area contributed by atoms with Gasteiger partial charge in [-0.15, -0.1) is 0 Å². The van der Waals surface area contributed by atoms with Gasteiger partial charge in [-0.05, 0) is 115 Å². The fourth-order valence-corrected chi connectivity index (χ4v) is 6.12. The van der Waals surface area contributed by atoms with E-state index < -0.39 is 0 Å². The van der Waals surface area contributed by atoms with Crippen molar-refractivity contribution in [1.29, 1.82) is 0 Å². The van der Waals surface area contributed by atoms with Gasteiger partial charge in [0.1, 0.15) is 37.1 Å². The third kappa shape index (κ3) is 10.7. The molecule has 6 rings (SSSR count). The number of benzene rings is 5. The lowest BCUT2D eigenvalue weighted by atomic mass is 10.1. The van der Waals surface area contributed by atoms with Crippen molar-refractivity contribution in [1.82, 2.24) is 4.90 Å². The van der Waals surface area contributed by atoms with Crippen molar-refractivity contribution < 1.29 is 14.2 Å². The highest BCUT2D eigenvalue weighted by molar-refractivity contribution is 6.01. The van der Waals surface area contributed by atoms with E-state index in [9.17, 15) is 0 Å². The second-order valence-electron chi connectivity index (χ2n) is 12.8. The summed E-state index contributed by atoms with van der Waals surface area (Å²) in [7, 11) is 0. The molecule has 5 aromatic rings. The van der Waals surface area contributed by atoms with Gasteiger partial charge in [-0.2, -0.15) is 5.10 Å². The van der Waals surface area contributed by atoms with Gasteiger partial charge in [-0.1, -0.05) is 92.6 Å². The molecule has 1 aliphatic rings. The molecule has 0 saturated carbocycles. The van der Waals surface area contributed by atoms with Crippen LogP contribution in [0, 0.1) is 0 Å². The number of rotatable bonds is 16. The highest BCUT2D eigenvalue weighted by Crippen LogP contribution is 2.25. The van der Waals surface area contributed by atoms with Crippen LogP contribution < -0.4 is 19.2 Å². The zero-order valence-electron chi connectivity index (χ0n) is 29.3. The Morgan fingerprint density at radius 2 is 1.10 bits per heavy atom. The molecule has 1 fully saturated rings. The van der Waals surface area contributed by atoms with Crippen molar-refractivity contribution >= 4 is 11.4 Å². The van der Waals surface area contributed by atoms with Gasteiger partial charge in [0.15, 0.2) is 0 Å². The molecule has 0 radical (unpaired) electrons. The summed E-state index contributed by atoms with van der Waals surface area (Å²) >= 11 is 0. The van der Waals surface area contributed by atoms with E-state index in [1.54, 1.807) is 0 Å². The van der Waals surface area contributed by atoms with Gasteiger partial charge in [-0.25, -0.2) is 0 Å². The molecule has 0 aromatic heterocycles. The van der Waals surface area contributed by atoms with Gasteiger partial charge in [0.25, 0.3) is 0 Å².